The molecular formula is C19H22N6O4S. The molecule has 1 aromatic heterocycles. The number of aromatic nitrogens is 3. The number of nitrogens with one attached hydrogen (secondary N) is 2. The first-order chi connectivity index (χ1) is 14.2. The summed E-state index contributed by atoms with van der Waals surface area (Å²) < 4.78 is 12.3. The standard InChI is InChI=1S/C19H22N6O4S/c1-10(20-18(27)29-19(2,3)4)16-22-23-17-25(16)24-13(9-30-17)11-5-6-14-12(7-11)21-15(26)8-28-14/h5-7,10H,8-9H2,1-4H3,(H,20,27)(H,21,26). The molecule has 0 saturated heterocycles. The summed E-state index contributed by atoms with van der Waals surface area (Å²) >= 11 is 1.49. The fourth-order valence-corrected chi connectivity index (χ4v) is 3.81. The lowest BCUT2D eigenvalue weighted by Crippen LogP contribution is -2.35. The first kappa shape index (κ1) is 20.2. The lowest BCUT2D eigenvalue weighted by Gasteiger charge is -2.22. The molecule has 2 aliphatic heterocycles. The van der Waals surface area contributed by atoms with Crippen LogP contribution in [0.4, 0.5) is 10.5 Å². The molecule has 4 rings (SSSR count). The molecule has 11 heteroatoms. The Morgan fingerprint density at radius 1 is 1.37 bits per heavy atom. The zero-order valence-electron chi connectivity index (χ0n) is 17.1. The van der Waals surface area contributed by atoms with Gasteiger partial charge in [0.1, 0.15) is 11.4 Å². The number of hydrogen-bond donors (Lipinski definition) is 2. The molecule has 10 nitrogen and oxygen atoms in total. The summed E-state index contributed by atoms with van der Waals surface area (Å²) in [5.74, 6) is 1.53. The number of alkyl carbamates (subject to hydrolysis) is 1. The summed E-state index contributed by atoms with van der Waals surface area (Å²) in [7, 11) is 0. The molecule has 0 aliphatic carbocycles. The predicted molar refractivity (Wildman–Crippen MR) is 111 cm³/mol. The summed E-state index contributed by atoms with van der Waals surface area (Å²) in [6, 6.07) is 5.09. The van der Waals surface area contributed by atoms with Crippen molar-refractivity contribution in [2.45, 2.75) is 44.5 Å². The van der Waals surface area contributed by atoms with Gasteiger partial charge in [0.2, 0.25) is 5.16 Å². The van der Waals surface area contributed by atoms with E-state index in [1.807, 2.05) is 18.2 Å². The average molecular weight is 430 g/mol. The van der Waals surface area contributed by atoms with Gasteiger partial charge in [0, 0.05) is 11.3 Å². The molecule has 0 radical (unpaired) electrons. The third-order valence-electron chi connectivity index (χ3n) is 4.26. The smallest absolute Gasteiger partial charge is 0.408 e. The average Bonchev–Trinajstić information content (AvgIpc) is 3.09. The molecular weight excluding hydrogens is 408 g/mol. The number of rotatable bonds is 3. The van der Waals surface area contributed by atoms with E-state index in [0.717, 1.165) is 11.3 Å². The van der Waals surface area contributed by atoms with Crippen molar-refractivity contribution >= 4 is 35.2 Å². The highest BCUT2D eigenvalue weighted by Gasteiger charge is 2.26. The molecule has 1 unspecified atom stereocenters. The number of fused-ring (bicyclic) bond motifs is 2. The van der Waals surface area contributed by atoms with Gasteiger partial charge >= 0.3 is 6.09 Å². The summed E-state index contributed by atoms with van der Waals surface area (Å²) in [6.45, 7) is 7.21. The van der Waals surface area contributed by atoms with E-state index in [1.165, 1.54) is 11.8 Å². The maximum atomic E-state index is 12.1. The fraction of sp³-hybridized carbons (Fsp3) is 0.421. The van der Waals surface area contributed by atoms with Crippen LogP contribution in [0.2, 0.25) is 0 Å². The third-order valence-corrected chi connectivity index (χ3v) is 5.19. The molecule has 0 bridgehead atoms. The normalized spacial score (nSPS) is 16.4. The van der Waals surface area contributed by atoms with Gasteiger partial charge in [0.05, 0.1) is 17.4 Å². The highest BCUT2D eigenvalue weighted by atomic mass is 32.2. The Kier molecular flexibility index (Phi) is 5.14. The summed E-state index contributed by atoms with van der Waals surface area (Å²) in [5, 5.41) is 19.3. The number of hydrogen-bond acceptors (Lipinski definition) is 8. The van der Waals surface area contributed by atoms with Crippen LogP contribution in [-0.4, -0.2) is 50.5 Å². The van der Waals surface area contributed by atoms with Crippen molar-refractivity contribution in [3.05, 3.63) is 29.6 Å². The first-order valence-corrected chi connectivity index (χ1v) is 10.4. The Morgan fingerprint density at radius 3 is 2.93 bits per heavy atom. The van der Waals surface area contributed by atoms with Crippen molar-refractivity contribution in [3.8, 4) is 5.75 Å². The van der Waals surface area contributed by atoms with Crippen molar-refractivity contribution in [3.63, 3.8) is 0 Å². The van der Waals surface area contributed by atoms with Gasteiger partial charge in [-0.2, -0.15) is 9.78 Å². The molecule has 2 aliphatic rings. The summed E-state index contributed by atoms with van der Waals surface area (Å²) in [4.78, 5) is 23.7. The molecule has 1 atom stereocenters. The Balaban J connectivity index is 1.58. The van der Waals surface area contributed by atoms with Crippen LogP contribution in [0, 0.1) is 0 Å². The molecule has 2 amide bonds. The molecule has 0 spiro atoms. The third kappa shape index (κ3) is 4.25. The van der Waals surface area contributed by atoms with Gasteiger partial charge in [0.15, 0.2) is 12.4 Å². The monoisotopic (exact) mass is 430 g/mol. The SMILES string of the molecule is CC(NC(=O)OC(C)(C)C)c1nnc2n1N=C(c1ccc3c(c1)NC(=O)CO3)CS2. The second-order valence-corrected chi connectivity index (χ2v) is 8.85. The Bertz CT molecular complexity index is 1040. The van der Waals surface area contributed by atoms with E-state index in [-0.39, 0.29) is 12.5 Å². The molecule has 2 N–H and O–H groups in total. The maximum absolute atomic E-state index is 12.1. The van der Waals surface area contributed by atoms with Gasteiger partial charge < -0.3 is 20.1 Å². The van der Waals surface area contributed by atoms with Gasteiger partial charge in [-0.1, -0.05) is 11.8 Å². The lowest BCUT2D eigenvalue weighted by atomic mass is 10.1. The van der Waals surface area contributed by atoms with Crippen LogP contribution in [0.3, 0.4) is 0 Å². The van der Waals surface area contributed by atoms with Crippen LogP contribution >= 0.6 is 11.8 Å². The largest absolute Gasteiger partial charge is 0.482 e. The number of benzene rings is 1. The second kappa shape index (κ2) is 7.63. The van der Waals surface area contributed by atoms with Gasteiger partial charge in [-0.05, 0) is 45.9 Å². The number of thioether (sulfide) groups is 1. The van der Waals surface area contributed by atoms with Crippen LogP contribution in [0.15, 0.2) is 28.5 Å². The Hall–Kier alpha value is -3.08. The molecule has 0 saturated carbocycles. The summed E-state index contributed by atoms with van der Waals surface area (Å²) in [6.07, 6.45) is -0.537. The van der Waals surface area contributed by atoms with Gasteiger partial charge in [-0.25, -0.2) is 4.79 Å². The van der Waals surface area contributed by atoms with E-state index in [4.69, 9.17) is 9.47 Å². The van der Waals surface area contributed by atoms with Crippen LogP contribution in [-0.2, 0) is 9.53 Å². The number of amides is 2. The number of carbonyl (C=O) groups excluding carboxylic acids is 2. The van der Waals surface area contributed by atoms with Crippen molar-refractivity contribution in [1.82, 2.24) is 20.2 Å². The molecule has 30 heavy (non-hydrogen) atoms. The van der Waals surface area contributed by atoms with E-state index in [9.17, 15) is 9.59 Å². The van der Waals surface area contributed by atoms with Crippen molar-refractivity contribution in [2.75, 3.05) is 17.7 Å². The lowest BCUT2D eigenvalue weighted by molar-refractivity contribution is -0.118. The Morgan fingerprint density at radius 2 is 2.17 bits per heavy atom. The van der Waals surface area contributed by atoms with E-state index in [1.54, 1.807) is 32.4 Å². The second-order valence-electron chi connectivity index (χ2n) is 7.90. The Labute approximate surface area is 177 Å². The van der Waals surface area contributed by atoms with Gasteiger partial charge in [-0.15, -0.1) is 10.2 Å². The van der Waals surface area contributed by atoms with Crippen LogP contribution in [0.25, 0.3) is 0 Å². The van der Waals surface area contributed by atoms with E-state index in [2.05, 4.69) is 25.9 Å². The van der Waals surface area contributed by atoms with Crippen LogP contribution in [0.5, 0.6) is 5.75 Å². The number of nitrogens with zero attached hydrogens (tertiary/aromatic N) is 4. The van der Waals surface area contributed by atoms with Crippen LogP contribution < -0.4 is 15.4 Å². The zero-order chi connectivity index (χ0) is 21.5. The van der Waals surface area contributed by atoms with Gasteiger partial charge in [0.25, 0.3) is 5.91 Å². The van der Waals surface area contributed by atoms with E-state index in [0.29, 0.717) is 28.2 Å². The first-order valence-electron chi connectivity index (χ1n) is 9.42. The maximum Gasteiger partial charge on any atom is 0.408 e. The number of carbonyl (C=O) groups is 2. The summed E-state index contributed by atoms with van der Waals surface area (Å²) in [5.41, 5.74) is 1.66. The quantitative estimate of drug-likeness (QED) is 0.768. The zero-order valence-corrected chi connectivity index (χ0v) is 17.9. The van der Waals surface area contributed by atoms with E-state index >= 15 is 0 Å². The van der Waals surface area contributed by atoms with E-state index < -0.39 is 17.7 Å². The van der Waals surface area contributed by atoms with Gasteiger partial charge in [-0.3, -0.25) is 4.79 Å². The highest BCUT2D eigenvalue weighted by molar-refractivity contribution is 7.99. The highest BCUT2D eigenvalue weighted by Crippen LogP contribution is 2.31. The molecule has 0 fully saturated rings. The van der Waals surface area contributed by atoms with Crippen molar-refractivity contribution in [1.29, 1.82) is 0 Å². The number of anilines is 1. The van der Waals surface area contributed by atoms with Crippen molar-refractivity contribution < 1.29 is 19.1 Å². The molecule has 1 aromatic carbocycles. The van der Waals surface area contributed by atoms with Crippen LogP contribution in [0.1, 0.15) is 45.1 Å². The minimum absolute atomic E-state index is 0.0130. The number of ether oxygens (including phenoxy) is 2. The molecule has 3 heterocycles. The molecule has 2 aromatic rings. The topological polar surface area (TPSA) is 120 Å². The predicted octanol–water partition coefficient (Wildman–Crippen LogP) is 2.55. The molecule has 158 valence electrons. The van der Waals surface area contributed by atoms with Crippen molar-refractivity contribution in [2.24, 2.45) is 5.10 Å². The fourth-order valence-electron chi connectivity index (χ4n) is 2.97. The minimum Gasteiger partial charge on any atom is -0.482 e. The minimum atomic E-state index is -0.596.